The Morgan fingerprint density at radius 2 is 0.825 bits per heavy atom. The fraction of sp³-hybridized carbons (Fsp3) is 0.282. The van der Waals surface area contributed by atoms with E-state index >= 15 is 0 Å². The van der Waals surface area contributed by atoms with Crippen molar-refractivity contribution in [1.29, 1.82) is 0 Å². The molecule has 0 saturated carbocycles. The molecule has 1 N–H and O–H groups in total. The zero-order valence-corrected chi connectivity index (χ0v) is 25.3. The average Bonchev–Trinajstić information content (AvgIpc) is 2.92. The van der Waals surface area contributed by atoms with Crippen molar-refractivity contribution in [1.82, 2.24) is 0 Å². The van der Waals surface area contributed by atoms with E-state index in [1.54, 1.807) is 0 Å². The largest absolute Gasteiger partial charge is 0.369 e. The van der Waals surface area contributed by atoms with Crippen LogP contribution in [0, 0.1) is 38.0 Å². The average molecular weight is 527 g/mol. The van der Waals surface area contributed by atoms with Gasteiger partial charge < -0.3 is 5.11 Å². The first-order chi connectivity index (χ1) is 18.7. The highest BCUT2D eigenvalue weighted by Gasteiger charge is 2.30. The molecule has 1 nitrogen and oxygen atoms in total. The normalized spacial score (nSPS) is 11.4. The predicted octanol–water partition coefficient (Wildman–Crippen LogP) is 8.85. The maximum atomic E-state index is 11.9. The zero-order chi connectivity index (χ0) is 29.6. The van der Waals surface area contributed by atoms with Crippen LogP contribution in [0.3, 0.4) is 0 Å². The van der Waals surface area contributed by atoms with Crippen LogP contribution in [0.25, 0.3) is 0 Å². The molecule has 204 valence electrons. The summed E-state index contributed by atoms with van der Waals surface area (Å²) in [4.78, 5) is 0. The minimum atomic E-state index is -1.39. The highest BCUT2D eigenvalue weighted by molar-refractivity contribution is 5.49. The third-order valence-electron chi connectivity index (χ3n) is 6.99. The minimum absolute atomic E-state index is 0.0541. The van der Waals surface area contributed by atoms with Crippen LogP contribution in [0.1, 0.15) is 86.1 Å². The zero-order valence-electron chi connectivity index (χ0n) is 25.3. The van der Waals surface area contributed by atoms with E-state index in [1.807, 2.05) is 79.7 Å². The van der Waals surface area contributed by atoms with E-state index in [0.29, 0.717) is 0 Å². The van der Waals surface area contributed by atoms with Gasteiger partial charge in [-0.25, -0.2) is 0 Å². The van der Waals surface area contributed by atoms with Crippen LogP contribution < -0.4 is 0 Å². The summed E-state index contributed by atoms with van der Waals surface area (Å²) in [6.07, 6.45) is 5.15. The molecule has 0 saturated heterocycles. The van der Waals surface area contributed by atoms with E-state index in [9.17, 15) is 5.11 Å². The first-order valence-electron chi connectivity index (χ1n) is 13.8. The number of hydrogen-bond donors (Lipinski definition) is 1. The summed E-state index contributed by atoms with van der Waals surface area (Å²) in [5.74, 6) is 8.94. The van der Waals surface area contributed by atoms with Gasteiger partial charge in [-0.15, -0.1) is 6.42 Å². The van der Waals surface area contributed by atoms with Gasteiger partial charge in [-0.1, -0.05) is 143 Å². The number of aliphatic hydroxyl groups is 1. The third kappa shape index (κ3) is 7.99. The summed E-state index contributed by atoms with van der Waals surface area (Å²) >= 11 is 0. The van der Waals surface area contributed by atoms with Gasteiger partial charge in [0, 0.05) is 22.3 Å². The molecule has 40 heavy (non-hydrogen) atoms. The SMILES string of the molecule is C#Cc1ccc(C)cc1.Cc1ccc(C#CC(O)(c2ccc(C(C)(C)C)cc2)c2ccc(C(C)(C)C)cc2)cc1. The van der Waals surface area contributed by atoms with Gasteiger partial charge in [0.1, 0.15) is 0 Å². The standard InChI is InChI=1S/C30H34O.C9H8/c1-22-8-10-23(11-9-22)20-21-30(31,26-16-12-24(13-17-26)28(2,3)4)27-18-14-25(15-19-27)29(5,6)7;1-3-9-6-4-8(2)5-7-9/h8-19,31H,1-7H3;1,4-7H,2H3. The molecule has 0 unspecified atom stereocenters. The van der Waals surface area contributed by atoms with Crippen LogP contribution in [0.2, 0.25) is 0 Å². The van der Waals surface area contributed by atoms with Gasteiger partial charge in [0.05, 0.1) is 0 Å². The van der Waals surface area contributed by atoms with Gasteiger partial charge in [0.15, 0.2) is 5.60 Å². The maximum absolute atomic E-state index is 11.9. The van der Waals surface area contributed by atoms with Crippen LogP contribution in [0.15, 0.2) is 97.1 Å². The number of hydrogen-bond acceptors (Lipinski definition) is 1. The highest BCUT2D eigenvalue weighted by atomic mass is 16.3. The summed E-state index contributed by atoms with van der Waals surface area (Å²) in [7, 11) is 0. The van der Waals surface area contributed by atoms with E-state index < -0.39 is 5.60 Å². The van der Waals surface area contributed by atoms with Crippen LogP contribution in [-0.2, 0) is 16.4 Å². The van der Waals surface area contributed by atoms with Crippen LogP contribution in [0.4, 0.5) is 0 Å². The van der Waals surface area contributed by atoms with Crippen molar-refractivity contribution in [3.8, 4) is 24.2 Å². The van der Waals surface area contributed by atoms with E-state index in [1.165, 1.54) is 22.3 Å². The quantitative estimate of drug-likeness (QED) is 0.259. The summed E-state index contributed by atoms with van der Waals surface area (Å²) in [5, 5.41) is 11.9. The van der Waals surface area contributed by atoms with E-state index in [-0.39, 0.29) is 10.8 Å². The van der Waals surface area contributed by atoms with Crippen LogP contribution in [-0.4, -0.2) is 5.11 Å². The molecule has 0 aliphatic carbocycles. The van der Waals surface area contributed by atoms with Crippen molar-refractivity contribution in [2.45, 2.75) is 71.8 Å². The Morgan fingerprint density at radius 3 is 1.15 bits per heavy atom. The molecule has 4 aromatic carbocycles. The summed E-state index contributed by atoms with van der Waals surface area (Å²) in [6, 6.07) is 32.4. The number of aryl methyl sites for hydroxylation is 2. The summed E-state index contributed by atoms with van der Waals surface area (Å²) in [6.45, 7) is 17.2. The second-order valence-corrected chi connectivity index (χ2v) is 12.5. The molecule has 0 radical (unpaired) electrons. The number of benzene rings is 4. The summed E-state index contributed by atoms with van der Waals surface area (Å²) in [5.41, 5.74) is 7.01. The molecule has 0 aliphatic heterocycles. The van der Waals surface area contributed by atoms with Crippen molar-refractivity contribution < 1.29 is 5.11 Å². The van der Waals surface area contributed by atoms with E-state index in [0.717, 1.165) is 22.3 Å². The Labute approximate surface area is 242 Å². The first kappa shape index (κ1) is 30.5. The Bertz CT molecular complexity index is 1430. The fourth-order valence-electron chi connectivity index (χ4n) is 4.18. The van der Waals surface area contributed by atoms with E-state index in [2.05, 4.69) is 90.5 Å². The lowest BCUT2D eigenvalue weighted by Gasteiger charge is -2.27. The van der Waals surface area contributed by atoms with Gasteiger partial charge in [0.2, 0.25) is 0 Å². The lowest BCUT2D eigenvalue weighted by atomic mass is 9.81. The first-order valence-corrected chi connectivity index (χ1v) is 13.8. The topological polar surface area (TPSA) is 20.2 Å². The lowest BCUT2D eigenvalue weighted by Crippen LogP contribution is -2.26. The number of terminal acetylenes is 1. The Hall–Kier alpha value is -4.04. The van der Waals surface area contributed by atoms with Crippen LogP contribution >= 0.6 is 0 Å². The molecule has 0 bridgehead atoms. The molecule has 4 aromatic rings. The smallest absolute Gasteiger partial charge is 0.177 e. The summed E-state index contributed by atoms with van der Waals surface area (Å²) < 4.78 is 0. The molecule has 0 atom stereocenters. The second-order valence-electron chi connectivity index (χ2n) is 12.5. The maximum Gasteiger partial charge on any atom is 0.177 e. The third-order valence-corrected chi connectivity index (χ3v) is 6.99. The van der Waals surface area contributed by atoms with E-state index in [4.69, 9.17) is 6.42 Å². The molecular weight excluding hydrogens is 484 g/mol. The Morgan fingerprint density at radius 1 is 0.500 bits per heavy atom. The molecule has 0 amide bonds. The van der Waals surface area contributed by atoms with Crippen molar-refractivity contribution >= 4 is 0 Å². The van der Waals surface area contributed by atoms with Crippen molar-refractivity contribution in [3.63, 3.8) is 0 Å². The predicted molar refractivity (Wildman–Crippen MR) is 170 cm³/mol. The van der Waals surface area contributed by atoms with Crippen LogP contribution in [0.5, 0.6) is 0 Å². The van der Waals surface area contributed by atoms with Gasteiger partial charge in [-0.05, 0) is 60.1 Å². The van der Waals surface area contributed by atoms with Crippen molar-refractivity contribution in [2.24, 2.45) is 0 Å². The van der Waals surface area contributed by atoms with Crippen molar-refractivity contribution in [3.05, 3.63) is 142 Å². The van der Waals surface area contributed by atoms with Gasteiger partial charge in [-0.3, -0.25) is 0 Å². The van der Waals surface area contributed by atoms with Gasteiger partial charge >= 0.3 is 0 Å². The molecular formula is C39H42O. The monoisotopic (exact) mass is 526 g/mol. The van der Waals surface area contributed by atoms with Crippen molar-refractivity contribution in [2.75, 3.05) is 0 Å². The molecule has 4 rings (SSSR count). The van der Waals surface area contributed by atoms with Gasteiger partial charge in [0.25, 0.3) is 0 Å². The van der Waals surface area contributed by atoms with Gasteiger partial charge in [-0.2, -0.15) is 0 Å². The molecule has 0 aromatic heterocycles. The second kappa shape index (κ2) is 12.4. The molecule has 0 spiro atoms. The molecule has 0 fully saturated rings. The molecule has 1 heteroatoms. The Kier molecular flexibility index (Phi) is 9.48. The Balaban J connectivity index is 0.000000415. The molecule has 0 aliphatic rings. The fourth-order valence-corrected chi connectivity index (χ4v) is 4.18. The minimum Gasteiger partial charge on any atom is -0.369 e. The molecule has 0 heterocycles. The number of rotatable bonds is 2. The highest BCUT2D eigenvalue weighted by Crippen LogP contribution is 2.33. The lowest BCUT2D eigenvalue weighted by molar-refractivity contribution is 0.145.